The van der Waals surface area contributed by atoms with E-state index in [-0.39, 0.29) is 23.7 Å². The molecular weight excluding hydrogens is 344 g/mol. The van der Waals surface area contributed by atoms with Crippen molar-refractivity contribution >= 4 is 17.7 Å². The van der Waals surface area contributed by atoms with Crippen LogP contribution in [0.3, 0.4) is 0 Å². The van der Waals surface area contributed by atoms with Gasteiger partial charge in [-0.2, -0.15) is 0 Å². The highest BCUT2D eigenvalue weighted by atomic mass is 16.4. The SMILES string of the molecule is N=C(N)c1ccc(-c2ccc(C(=O)NC3CCC(C(=O)O)CC3)cc2)nc1. The van der Waals surface area contributed by atoms with E-state index in [1.54, 1.807) is 30.5 Å². The van der Waals surface area contributed by atoms with Gasteiger partial charge in [0.1, 0.15) is 5.84 Å². The second-order valence-electron chi connectivity index (χ2n) is 6.78. The predicted molar refractivity (Wildman–Crippen MR) is 102 cm³/mol. The van der Waals surface area contributed by atoms with Crippen LogP contribution in [0.25, 0.3) is 11.3 Å². The van der Waals surface area contributed by atoms with E-state index in [9.17, 15) is 9.59 Å². The predicted octanol–water partition coefficient (Wildman–Crippen LogP) is 2.41. The van der Waals surface area contributed by atoms with E-state index in [1.165, 1.54) is 0 Å². The molecule has 5 N–H and O–H groups in total. The van der Waals surface area contributed by atoms with E-state index >= 15 is 0 Å². The van der Waals surface area contributed by atoms with Crippen LogP contribution in [0.15, 0.2) is 42.6 Å². The summed E-state index contributed by atoms with van der Waals surface area (Å²) in [6, 6.07) is 10.7. The van der Waals surface area contributed by atoms with Crippen molar-refractivity contribution in [3.05, 3.63) is 53.7 Å². The van der Waals surface area contributed by atoms with Crippen molar-refractivity contribution in [2.45, 2.75) is 31.7 Å². The Kier molecular flexibility index (Phi) is 5.49. The number of rotatable bonds is 5. The van der Waals surface area contributed by atoms with Crippen molar-refractivity contribution < 1.29 is 14.7 Å². The minimum atomic E-state index is -0.750. The Morgan fingerprint density at radius 3 is 2.19 bits per heavy atom. The molecule has 140 valence electrons. The number of benzene rings is 1. The van der Waals surface area contributed by atoms with Crippen LogP contribution in [0, 0.1) is 11.3 Å². The fourth-order valence-corrected chi connectivity index (χ4v) is 3.27. The first kappa shape index (κ1) is 18.6. The molecule has 0 spiro atoms. The fourth-order valence-electron chi connectivity index (χ4n) is 3.27. The molecule has 0 unspecified atom stereocenters. The van der Waals surface area contributed by atoms with E-state index < -0.39 is 5.97 Å². The number of aromatic nitrogens is 1. The number of nitrogens with zero attached hydrogens (tertiary/aromatic N) is 1. The molecule has 3 rings (SSSR count). The first-order valence-corrected chi connectivity index (χ1v) is 8.88. The Morgan fingerprint density at radius 2 is 1.67 bits per heavy atom. The highest BCUT2D eigenvalue weighted by Crippen LogP contribution is 2.25. The summed E-state index contributed by atoms with van der Waals surface area (Å²) in [6.07, 6.45) is 4.12. The standard InChI is InChI=1S/C20H22N4O3/c21-18(22)15-7-10-17(23-11-15)12-1-3-13(4-2-12)19(25)24-16-8-5-14(6-9-16)20(26)27/h1-4,7,10-11,14,16H,5-6,8-9H2,(H3,21,22)(H,24,25)(H,26,27). The van der Waals surface area contributed by atoms with Gasteiger partial charge in [-0.15, -0.1) is 0 Å². The molecule has 0 atom stereocenters. The van der Waals surface area contributed by atoms with E-state index in [0.717, 1.165) is 11.3 Å². The molecule has 1 aliphatic rings. The number of carbonyl (C=O) groups is 2. The number of carbonyl (C=O) groups excluding carboxylic acids is 1. The maximum Gasteiger partial charge on any atom is 0.306 e. The van der Waals surface area contributed by atoms with Gasteiger partial charge in [-0.25, -0.2) is 0 Å². The van der Waals surface area contributed by atoms with Gasteiger partial charge in [0.15, 0.2) is 0 Å². The van der Waals surface area contributed by atoms with Gasteiger partial charge in [-0.05, 0) is 49.9 Å². The van der Waals surface area contributed by atoms with Crippen LogP contribution >= 0.6 is 0 Å². The zero-order chi connectivity index (χ0) is 19.4. The van der Waals surface area contributed by atoms with Crippen LogP contribution < -0.4 is 11.1 Å². The molecule has 0 aliphatic heterocycles. The number of amides is 1. The number of amidine groups is 1. The van der Waals surface area contributed by atoms with E-state index in [1.807, 2.05) is 12.1 Å². The highest BCUT2D eigenvalue weighted by Gasteiger charge is 2.26. The van der Waals surface area contributed by atoms with Crippen LogP contribution in [0.5, 0.6) is 0 Å². The summed E-state index contributed by atoms with van der Waals surface area (Å²) in [6.45, 7) is 0. The highest BCUT2D eigenvalue weighted by molar-refractivity contribution is 5.95. The summed E-state index contributed by atoms with van der Waals surface area (Å²) in [7, 11) is 0. The topological polar surface area (TPSA) is 129 Å². The first-order valence-electron chi connectivity index (χ1n) is 8.88. The van der Waals surface area contributed by atoms with Crippen molar-refractivity contribution in [1.29, 1.82) is 5.41 Å². The van der Waals surface area contributed by atoms with Gasteiger partial charge < -0.3 is 16.2 Å². The summed E-state index contributed by atoms with van der Waals surface area (Å²) in [5, 5.41) is 19.4. The van der Waals surface area contributed by atoms with Gasteiger partial charge in [-0.3, -0.25) is 20.0 Å². The molecule has 0 radical (unpaired) electrons. The number of aliphatic carboxylic acids is 1. The van der Waals surface area contributed by atoms with Crippen LogP contribution in [-0.2, 0) is 4.79 Å². The van der Waals surface area contributed by atoms with Crippen molar-refractivity contribution in [1.82, 2.24) is 10.3 Å². The van der Waals surface area contributed by atoms with Crippen LogP contribution in [-0.4, -0.2) is 33.8 Å². The maximum atomic E-state index is 12.4. The lowest BCUT2D eigenvalue weighted by molar-refractivity contribution is -0.142. The summed E-state index contributed by atoms with van der Waals surface area (Å²) in [5.41, 5.74) is 8.14. The normalized spacial score (nSPS) is 19.3. The summed E-state index contributed by atoms with van der Waals surface area (Å²) < 4.78 is 0. The maximum absolute atomic E-state index is 12.4. The summed E-state index contributed by atoms with van der Waals surface area (Å²) in [5.74, 6) is -1.22. The molecule has 1 aliphatic carbocycles. The Bertz CT molecular complexity index is 839. The lowest BCUT2D eigenvalue weighted by atomic mass is 9.86. The summed E-state index contributed by atoms with van der Waals surface area (Å²) in [4.78, 5) is 27.7. The molecule has 1 fully saturated rings. The molecule has 7 heteroatoms. The number of nitrogens with one attached hydrogen (secondary N) is 2. The lowest BCUT2D eigenvalue weighted by Crippen LogP contribution is -2.38. The van der Waals surface area contributed by atoms with Crippen molar-refractivity contribution in [3.63, 3.8) is 0 Å². The molecule has 1 amide bonds. The molecule has 0 saturated heterocycles. The Morgan fingerprint density at radius 1 is 1.04 bits per heavy atom. The zero-order valence-electron chi connectivity index (χ0n) is 14.8. The van der Waals surface area contributed by atoms with Crippen molar-refractivity contribution in [2.75, 3.05) is 0 Å². The average Bonchev–Trinajstić information content (AvgIpc) is 2.68. The third-order valence-corrected chi connectivity index (χ3v) is 4.93. The number of nitrogens with two attached hydrogens (primary N) is 1. The third-order valence-electron chi connectivity index (χ3n) is 4.93. The molecular formula is C20H22N4O3. The van der Waals surface area contributed by atoms with Gasteiger partial charge in [-0.1, -0.05) is 12.1 Å². The van der Waals surface area contributed by atoms with Crippen LogP contribution in [0.1, 0.15) is 41.6 Å². The zero-order valence-corrected chi connectivity index (χ0v) is 14.8. The molecule has 2 aromatic rings. The first-order chi connectivity index (χ1) is 12.9. The molecule has 1 heterocycles. The Balaban J connectivity index is 1.60. The Labute approximate surface area is 157 Å². The number of hydrogen-bond donors (Lipinski definition) is 4. The quantitative estimate of drug-likeness (QED) is 0.477. The van der Waals surface area contributed by atoms with Gasteiger partial charge in [0.25, 0.3) is 5.91 Å². The van der Waals surface area contributed by atoms with Crippen molar-refractivity contribution in [3.8, 4) is 11.3 Å². The smallest absolute Gasteiger partial charge is 0.306 e. The van der Waals surface area contributed by atoms with Crippen LogP contribution in [0.4, 0.5) is 0 Å². The number of hydrogen-bond acceptors (Lipinski definition) is 4. The molecule has 7 nitrogen and oxygen atoms in total. The molecule has 0 bridgehead atoms. The lowest BCUT2D eigenvalue weighted by Gasteiger charge is -2.26. The van der Waals surface area contributed by atoms with Crippen molar-refractivity contribution in [2.24, 2.45) is 11.7 Å². The average molecular weight is 366 g/mol. The van der Waals surface area contributed by atoms with E-state index in [0.29, 0.717) is 36.8 Å². The molecule has 1 aromatic carbocycles. The summed E-state index contributed by atoms with van der Waals surface area (Å²) >= 11 is 0. The van der Waals surface area contributed by atoms with Crippen LogP contribution in [0.2, 0.25) is 0 Å². The second kappa shape index (κ2) is 7.99. The second-order valence-corrected chi connectivity index (χ2v) is 6.78. The van der Waals surface area contributed by atoms with Gasteiger partial charge in [0.2, 0.25) is 0 Å². The monoisotopic (exact) mass is 366 g/mol. The van der Waals surface area contributed by atoms with Gasteiger partial charge in [0, 0.05) is 28.9 Å². The number of carboxylic acids is 1. The third kappa shape index (κ3) is 4.49. The molecule has 27 heavy (non-hydrogen) atoms. The molecule has 1 saturated carbocycles. The van der Waals surface area contributed by atoms with Gasteiger partial charge >= 0.3 is 5.97 Å². The fraction of sp³-hybridized carbons (Fsp3) is 0.300. The number of nitrogen functional groups attached to an aromatic ring is 1. The molecule has 1 aromatic heterocycles. The largest absolute Gasteiger partial charge is 0.481 e. The minimum Gasteiger partial charge on any atom is -0.481 e. The van der Waals surface area contributed by atoms with Gasteiger partial charge in [0.05, 0.1) is 11.6 Å². The number of pyridine rings is 1. The van der Waals surface area contributed by atoms with E-state index in [4.69, 9.17) is 16.2 Å². The van der Waals surface area contributed by atoms with E-state index in [2.05, 4.69) is 10.3 Å². The number of carboxylic acid groups (broad SMARTS) is 1. The minimum absolute atomic E-state index is 0.0218. The Hall–Kier alpha value is -3.22.